The van der Waals surface area contributed by atoms with Gasteiger partial charge >= 0.3 is 12.4 Å². The average molecular weight is 1070 g/mol. The predicted molar refractivity (Wildman–Crippen MR) is 266 cm³/mol. The van der Waals surface area contributed by atoms with Gasteiger partial charge in [0.2, 0.25) is 0 Å². The molecule has 73 heavy (non-hydrogen) atoms. The fourth-order valence-electron chi connectivity index (χ4n) is 8.20. The van der Waals surface area contributed by atoms with Crippen molar-refractivity contribution >= 4 is 81.6 Å². The molecule has 392 valence electrons. The molecule has 23 heteroatoms. The minimum Gasteiger partial charge on any atom is -0.493 e. The van der Waals surface area contributed by atoms with Gasteiger partial charge in [0.1, 0.15) is 0 Å². The number of nitrogens with zero attached hydrogens (tertiary/aromatic N) is 4. The van der Waals surface area contributed by atoms with Gasteiger partial charge in [-0.2, -0.15) is 26.3 Å². The van der Waals surface area contributed by atoms with Crippen LogP contribution >= 0.6 is 24.8 Å². The Labute approximate surface area is 427 Å². The molecule has 6 aromatic rings. The summed E-state index contributed by atoms with van der Waals surface area (Å²) in [5.74, 6) is -0.929. The number of benzene rings is 4. The first-order chi connectivity index (χ1) is 33.4. The van der Waals surface area contributed by atoms with Crippen molar-refractivity contribution in [2.24, 2.45) is 0 Å². The van der Waals surface area contributed by atoms with Gasteiger partial charge in [0.25, 0.3) is 23.6 Å². The van der Waals surface area contributed by atoms with Crippen LogP contribution in [-0.4, -0.2) is 114 Å². The van der Waals surface area contributed by atoms with E-state index in [2.05, 4.69) is 20.6 Å². The molecule has 2 aliphatic rings. The maximum Gasteiger partial charge on any atom is 0.422 e. The lowest BCUT2D eigenvalue weighted by Crippen LogP contribution is -2.31. The number of imide groups is 2. The summed E-state index contributed by atoms with van der Waals surface area (Å²) in [6, 6.07) is 22.9. The number of methoxy groups -OCH3 is 2. The van der Waals surface area contributed by atoms with E-state index in [1.54, 1.807) is 97.3 Å². The molecule has 0 spiro atoms. The van der Waals surface area contributed by atoms with E-state index in [0.29, 0.717) is 81.1 Å². The van der Waals surface area contributed by atoms with E-state index in [4.69, 9.17) is 18.9 Å². The topological polar surface area (TPSA) is 193 Å². The summed E-state index contributed by atoms with van der Waals surface area (Å²) >= 11 is 0. The Morgan fingerprint density at radius 1 is 0.548 bits per heavy atom. The fraction of sp³-hybridized carbons (Fsp3) is 0.320. The molecular weight excluding hydrogens is 1010 g/mol. The third-order valence-corrected chi connectivity index (χ3v) is 11.4. The molecule has 0 saturated heterocycles. The number of fused-ring (bicyclic) bond motifs is 4. The summed E-state index contributed by atoms with van der Waals surface area (Å²) in [4.78, 5) is 61.2. The number of hydrogen-bond acceptors (Lipinski definition) is 12. The summed E-state index contributed by atoms with van der Waals surface area (Å²) in [5, 5.41) is 7.40. The number of nitrogens with one attached hydrogen (secondary N) is 2. The molecule has 8 rings (SSSR count). The van der Waals surface area contributed by atoms with E-state index in [-0.39, 0.29) is 102 Å². The van der Waals surface area contributed by atoms with Gasteiger partial charge in [0, 0.05) is 60.5 Å². The van der Waals surface area contributed by atoms with Crippen LogP contribution in [0.1, 0.15) is 81.0 Å². The van der Waals surface area contributed by atoms with Crippen LogP contribution in [0.3, 0.4) is 0 Å². The van der Waals surface area contributed by atoms with Crippen LogP contribution in [-0.2, 0) is 0 Å². The molecule has 4 heterocycles. The highest BCUT2D eigenvalue weighted by atomic mass is 35.5. The largest absolute Gasteiger partial charge is 0.493 e. The van der Waals surface area contributed by atoms with E-state index >= 15 is 0 Å². The highest BCUT2D eigenvalue weighted by Crippen LogP contribution is 2.42. The van der Waals surface area contributed by atoms with E-state index in [1.807, 2.05) is 13.8 Å². The van der Waals surface area contributed by atoms with Crippen LogP contribution in [0.25, 0.3) is 21.8 Å². The number of aromatic nitrogens is 2. The van der Waals surface area contributed by atoms with Crippen LogP contribution in [0.4, 0.5) is 37.7 Å². The summed E-state index contributed by atoms with van der Waals surface area (Å²) < 4.78 is 97.2. The van der Waals surface area contributed by atoms with Gasteiger partial charge in [-0.15, -0.1) is 24.8 Å². The number of hydrogen-bond donors (Lipinski definition) is 2. The van der Waals surface area contributed by atoms with Gasteiger partial charge in [-0.25, -0.2) is 0 Å². The Balaban J connectivity index is 0.000000304. The third kappa shape index (κ3) is 13.7. The van der Waals surface area contributed by atoms with Gasteiger partial charge in [0.15, 0.2) is 36.2 Å². The molecule has 2 aliphatic heterocycles. The molecule has 0 radical (unpaired) electrons. The van der Waals surface area contributed by atoms with Crippen LogP contribution in [0.5, 0.6) is 23.0 Å². The summed E-state index contributed by atoms with van der Waals surface area (Å²) in [6.45, 7) is 1.52. The Bertz CT molecular complexity index is 2670. The maximum absolute atomic E-state index is 12.7. The van der Waals surface area contributed by atoms with Crippen molar-refractivity contribution in [2.45, 2.75) is 64.0 Å². The molecule has 0 bridgehead atoms. The fourth-order valence-corrected chi connectivity index (χ4v) is 8.20. The highest BCUT2D eigenvalue weighted by Gasteiger charge is 2.36. The first-order valence-corrected chi connectivity index (χ1v) is 22.1. The molecular formula is C50H52Cl2F6N6O9. The molecule has 0 aliphatic carbocycles. The second kappa shape index (κ2) is 25.0. The van der Waals surface area contributed by atoms with E-state index in [1.165, 1.54) is 24.0 Å². The standard InChI is InChI=1S/2C25H24F3N3O4.2ClH.H2O/c2*1-15(7-6-12-31-23(32)16-8-3-4-9-17(16)24(31)33)30-19-13-20(34-2)22(35-14-25(26,27)28)18-10-5-11-29-21(18)19;;;/h2*3-5,8-11,13,15,30H,6-7,12,14H2,1-2H3;2*1H;1H2. The van der Waals surface area contributed by atoms with E-state index in [0.717, 1.165) is 0 Å². The number of pyridine rings is 2. The van der Waals surface area contributed by atoms with Crippen molar-refractivity contribution < 1.29 is 69.9 Å². The number of halogens is 8. The summed E-state index contributed by atoms with van der Waals surface area (Å²) in [6.07, 6.45) is -3.54. The Hall–Kier alpha value is -7.10. The number of rotatable bonds is 18. The maximum atomic E-state index is 12.7. The van der Waals surface area contributed by atoms with Gasteiger partial charge in [-0.1, -0.05) is 24.3 Å². The van der Waals surface area contributed by atoms with E-state index in [9.17, 15) is 45.5 Å². The normalized spacial score (nSPS) is 13.7. The monoisotopic (exact) mass is 1060 g/mol. The van der Waals surface area contributed by atoms with Crippen LogP contribution < -0.4 is 29.6 Å². The summed E-state index contributed by atoms with van der Waals surface area (Å²) in [7, 11) is 2.71. The zero-order chi connectivity index (χ0) is 50.3. The first-order valence-electron chi connectivity index (χ1n) is 22.1. The van der Waals surface area contributed by atoms with Gasteiger partial charge in [-0.3, -0.25) is 38.9 Å². The lowest BCUT2D eigenvalue weighted by Gasteiger charge is -2.21. The Morgan fingerprint density at radius 3 is 1.18 bits per heavy atom. The van der Waals surface area contributed by atoms with Crippen molar-refractivity contribution in [3.8, 4) is 23.0 Å². The molecule has 2 atom stereocenters. The van der Waals surface area contributed by atoms with E-state index < -0.39 is 25.6 Å². The molecule has 0 fully saturated rings. The SMILES string of the molecule is COc1cc(NC(C)CCCN2C(=O)c3ccccc3C2=O)c2ncccc2c1OCC(F)(F)F.COc1cc(NC(C)CCCN2C(=O)c3ccccc3C2=O)c2ncccc2c1OCC(F)(F)F.Cl.Cl.O. The average Bonchev–Trinajstić information content (AvgIpc) is 3.72. The van der Waals surface area contributed by atoms with Crippen molar-refractivity contribution in [3.05, 3.63) is 120 Å². The Morgan fingerprint density at radius 2 is 0.877 bits per heavy atom. The number of carbonyl (C=O) groups excluding carboxylic acids is 4. The third-order valence-electron chi connectivity index (χ3n) is 11.4. The minimum atomic E-state index is -4.50. The Kier molecular flexibility index (Phi) is 20.0. The number of alkyl halides is 6. The lowest BCUT2D eigenvalue weighted by molar-refractivity contribution is -0.154. The summed E-state index contributed by atoms with van der Waals surface area (Å²) in [5.41, 5.74) is 3.70. The molecule has 15 nitrogen and oxygen atoms in total. The van der Waals surface area contributed by atoms with Gasteiger partial charge in [0.05, 0.1) is 58.9 Å². The predicted octanol–water partition coefficient (Wildman–Crippen LogP) is 10.1. The van der Waals surface area contributed by atoms with Crippen molar-refractivity contribution in [2.75, 3.05) is 51.2 Å². The molecule has 0 saturated carbocycles. The lowest BCUT2D eigenvalue weighted by atomic mass is 10.1. The number of ether oxygens (including phenoxy) is 4. The number of amides is 4. The van der Waals surface area contributed by atoms with Crippen molar-refractivity contribution in [1.82, 2.24) is 19.8 Å². The number of carbonyl (C=O) groups is 4. The quantitative estimate of drug-likeness (QED) is 0.0612. The molecule has 4 N–H and O–H groups in total. The molecule has 2 aromatic heterocycles. The zero-order valence-electron chi connectivity index (χ0n) is 39.7. The van der Waals surface area contributed by atoms with Crippen LogP contribution in [0.2, 0.25) is 0 Å². The van der Waals surface area contributed by atoms with Crippen molar-refractivity contribution in [1.29, 1.82) is 0 Å². The molecule has 2 unspecified atom stereocenters. The first kappa shape index (κ1) is 58.5. The highest BCUT2D eigenvalue weighted by molar-refractivity contribution is 6.22. The zero-order valence-corrected chi connectivity index (χ0v) is 41.3. The molecule has 4 aromatic carbocycles. The van der Waals surface area contributed by atoms with Gasteiger partial charge < -0.3 is 35.1 Å². The van der Waals surface area contributed by atoms with Gasteiger partial charge in [-0.05, 0) is 88.1 Å². The number of anilines is 2. The van der Waals surface area contributed by atoms with Crippen molar-refractivity contribution in [3.63, 3.8) is 0 Å². The smallest absolute Gasteiger partial charge is 0.422 e. The molecule has 4 amide bonds. The van der Waals surface area contributed by atoms with Crippen LogP contribution in [0.15, 0.2) is 97.3 Å². The van der Waals surface area contributed by atoms with Crippen LogP contribution in [0, 0.1) is 0 Å². The minimum absolute atomic E-state index is 0. The second-order valence-electron chi connectivity index (χ2n) is 16.5. The second-order valence-corrected chi connectivity index (χ2v) is 16.5.